The summed E-state index contributed by atoms with van der Waals surface area (Å²) in [5, 5.41) is 1.20. The third kappa shape index (κ3) is 2.56. The van der Waals surface area contributed by atoms with Crippen LogP contribution in [0.4, 0.5) is 11.4 Å². The van der Waals surface area contributed by atoms with E-state index in [9.17, 15) is 0 Å². The lowest BCUT2D eigenvalue weighted by Crippen LogP contribution is -2.09. The van der Waals surface area contributed by atoms with Gasteiger partial charge in [0.05, 0.1) is 16.4 Å². The second-order valence-corrected chi connectivity index (χ2v) is 5.31. The molecule has 0 saturated carbocycles. The van der Waals surface area contributed by atoms with E-state index in [1.165, 1.54) is 15.6 Å². The molecule has 0 spiro atoms. The zero-order valence-electron chi connectivity index (χ0n) is 10.7. The highest BCUT2D eigenvalue weighted by Gasteiger charge is 2.20. The molecular formula is C16H14N2S. The molecule has 0 radical (unpaired) electrons. The summed E-state index contributed by atoms with van der Waals surface area (Å²) in [4.78, 5) is 7.91. The van der Waals surface area contributed by atoms with Crippen LogP contribution in [0.5, 0.6) is 0 Å². The van der Waals surface area contributed by atoms with Gasteiger partial charge in [-0.25, -0.2) is 0 Å². The molecule has 1 heterocycles. The lowest BCUT2D eigenvalue weighted by atomic mass is 10.3. The maximum atomic E-state index is 4.43. The van der Waals surface area contributed by atoms with Crippen LogP contribution < -0.4 is 4.90 Å². The highest BCUT2D eigenvalue weighted by atomic mass is 32.2. The summed E-state index contributed by atoms with van der Waals surface area (Å²) in [5.41, 5.74) is 2.23. The number of nitrogens with zero attached hydrogens (tertiary/aromatic N) is 2. The highest BCUT2D eigenvalue weighted by Crippen LogP contribution is 2.44. The van der Waals surface area contributed by atoms with Crippen molar-refractivity contribution in [2.45, 2.75) is 4.90 Å². The fraction of sp³-hybridized carbons (Fsp3) is 0.0625. The predicted molar refractivity (Wildman–Crippen MR) is 83.4 cm³/mol. The van der Waals surface area contributed by atoms with Crippen molar-refractivity contribution in [3.05, 3.63) is 65.7 Å². The van der Waals surface area contributed by atoms with Crippen molar-refractivity contribution in [3.63, 3.8) is 0 Å². The van der Waals surface area contributed by atoms with Gasteiger partial charge in [-0.05, 0) is 30.3 Å². The van der Waals surface area contributed by atoms with Gasteiger partial charge in [-0.1, -0.05) is 42.1 Å². The van der Waals surface area contributed by atoms with Gasteiger partial charge in [-0.2, -0.15) is 0 Å². The van der Waals surface area contributed by atoms with Crippen LogP contribution in [0.25, 0.3) is 0 Å². The number of allylic oxidation sites excluding steroid dienone is 1. The van der Waals surface area contributed by atoms with Gasteiger partial charge >= 0.3 is 0 Å². The maximum Gasteiger partial charge on any atom is 0.0814 e. The molecule has 3 heteroatoms. The first kappa shape index (κ1) is 12.1. The standard InChI is InChI=1S/C16H14N2S/c1-18-14-9-5-6-10-15(14)19-16(18)11-12-17-13-7-3-2-4-8-13/h2-12H,1H3/b16-11-,17-12?. The normalized spacial score (nSPS) is 16.3. The number of rotatable bonds is 2. The van der Waals surface area contributed by atoms with Crippen LogP contribution in [0.2, 0.25) is 0 Å². The number of hydrogen-bond acceptors (Lipinski definition) is 3. The maximum absolute atomic E-state index is 4.43. The van der Waals surface area contributed by atoms with E-state index >= 15 is 0 Å². The molecule has 3 rings (SSSR count). The van der Waals surface area contributed by atoms with Crippen molar-refractivity contribution in [2.24, 2.45) is 4.99 Å². The molecule has 94 valence electrons. The molecule has 1 aliphatic heterocycles. The Morgan fingerprint density at radius 2 is 1.74 bits per heavy atom. The zero-order valence-corrected chi connectivity index (χ0v) is 11.5. The van der Waals surface area contributed by atoms with Gasteiger partial charge in [0.1, 0.15) is 0 Å². The number of aliphatic imine (C=N–C) groups is 1. The Bertz CT molecular complexity index is 632. The minimum atomic E-state index is 0.975. The number of para-hydroxylation sites is 2. The van der Waals surface area contributed by atoms with Crippen molar-refractivity contribution in [1.29, 1.82) is 0 Å². The Balaban J connectivity index is 1.78. The van der Waals surface area contributed by atoms with E-state index < -0.39 is 0 Å². The molecule has 0 aromatic heterocycles. The van der Waals surface area contributed by atoms with Crippen LogP contribution in [0, 0.1) is 0 Å². The Kier molecular flexibility index (Phi) is 3.38. The number of fused-ring (bicyclic) bond motifs is 1. The molecular weight excluding hydrogens is 252 g/mol. The first-order valence-electron chi connectivity index (χ1n) is 6.14. The van der Waals surface area contributed by atoms with E-state index in [0.29, 0.717) is 0 Å². The molecule has 0 atom stereocenters. The fourth-order valence-electron chi connectivity index (χ4n) is 1.97. The molecule has 0 fully saturated rings. The molecule has 0 unspecified atom stereocenters. The van der Waals surface area contributed by atoms with Crippen LogP contribution in [0.3, 0.4) is 0 Å². The van der Waals surface area contributed by atoms with Crippen molar-refractivity contribution in [3.8, 4) is 0 Å². The van der Waals surface area contributed by atoms with E-state index in [2.05, 4.69) is 47.3 Å². The SMILES string of the molecule is CN1/C(=C/C=Nc2ccccc2)Sc2ccccc21. The van der Waals surface area contributed by atoms with E-state index in [0.717, 1.165) is 5.69 Å². The third-order valence-electron chi connectivity index (χ3n) is 2.97. The lowest BCUT2D eigenvalue weighted by Gasteiger charge is -2.12. The topological polar surface area (TPSA) is 15.6 Å². The molecule has 0 aliphatic carbocycles. The van der Waals surface area contributed by atoms with Gasteiger partial charge in [0.15, 0.2) is 0 Å². The quantitative estimate of drug-likeness (QED) is 0.745. The van der Waals surface area contributed by atoms with Crippen molar-refractivity contribution in [2.75, 3.05) is 11.9 Å². The van der Waals surface area contributed by atoms with Gasteiger partial charge < -0.3 is 4.90 Å². The summed E-state index contributed by atoms with van der Waals surface area (Å²) in [5.74, 6) is 0. The Labute approximate surface area is 117 Å². The first-order valence-corrected chi connectivity index (χ1v) is 6.96. The summed E-state index contributed by atoms with van der Waals surface area (Å²) in [7, 11) is 2.08. The largest absolute Gasteiger partial charge is 0.338 e. The van der Waals surface area contributed by atoms with Gasteiger partial charge in [0.25, 0.3) is 0 Å². The van der Waals surface area contributed by atoms with Gasteiger partial charge in [-0.3, -0.25) is 4.99 Å². The summed E-state index contributed by atoms with van der Waals surface area (Å²) in [6.45, 7) is 0. The minimum absolute atomic E-state index is 0.975. The van der Waals surface area contributed by atoms with E-state index in [4.69, 9.17) is 0 Å². The third-order valence-corrected chi connectivity index (χ3v) is 4.15. The first-order chi connectivity index (χ1) is 9.34. The Morgan fingerprint density at radius 3 is 2.53 bits per heavy atom. The van der Waals surface area contributed by atoms with Crippen LogP contribution in [-0.4, -0.2) is 13.3 Å². The summed E-state index contributed by atoms with van der Waals surface area (Å²) in [6, 6.07) is 18.4. The van der Waals surface area contributed by atoms with Crippen molar-refractivity contribution < 1.29 is 0 Å². The second kappa shape index (κ2) is 5.33. The molecule has 0 N–H and O–H groups in total. The van der Waals surface area contributed by atoms with Crippen molar-refractivity contribution in [1.82, 2.24) is 0 Å². The minimum Gasteiger partial charge on any atom is -0.338 e. The average Bonchev–Trinajstić information content (AvgIpc) is 2.78. The number of benzene rings is 2. The van der Waals surface area contributed by atoms with Gasteiger partial charge in [0, 0.05) is 18.2 Å². The zero-order chi connectivity index (χ0) is 13.1. The monoisotopic (exact) mass is 266 g/mol. The van der Waals surface area contributed by atoms with Gasteiger partial charge in [0.2, 0.25) is 0 Å². The predicted octanol–water partition coefficient (Wildman–Crippen LogP) is 4.47. The molecule has 0 bridgehead atoms. The number of anilines is 1. The Hall–Kier alpha value is -2.00. The molecule has 2 aromatic carbocycles. The van der Waals surface area contributed by atoms with E-state index in [-0.39, 0.29) is 0 Å². The smallest absolute Gasteiger partial charge is 0.0814 e. The lowest BCUT2D eigenvalue weighted by molar-refractivity contribution is 1.18. The average molecular weight is 266 g/mol. The summed E-state index contributed by atoms with van der Waals surface area (Å²) < 4.78 is 0. The molecule has 0 saturated heterocycles. The van der Waals surface area contributed by atoms with E-state index in [1.807, 2.05) is 36.5 Å². The molecule has 2 nitrogen and oxygen atoms in total. The van der Waals surface area contributed by atoms with Gasteiger partial charge in [-0.15, -0.1) is 0 Å². The molecule has 19 heavy (non-hydrogen) atoms. The highest BCUT2D eigenvalue weighted by molar-refractivity contribution is 8.03. The van der Waals surface area contributed by atoms with Crippen LogP contribution in [0.1, 0.15) is 0 Å². The molecule has 2 aromatic rings. The second-order valence-electron chi connectivity index (χ2n) is 4.25. The van der Waals surface area contributed by atoms with Crippen LogP contribution >= 0.6 is 11.8 Å². The number of hydrogen-bond donors (Lipinski definition) is 0. The van der Waals surface area contributed by atoms with Crippen LogP contribution in [-0.2, 0) is 0 Å². The molecule has 1 aliphatic rings. The van der Waals surface area contributed by atoms with E-state index in [1.54, 1.807) is 11.8 Å². The summed E-state index contributed by atoms with van der Waals surface area (Å²) >= 11 is 1.78. The molecule has 0 amide bonds. The van der Waals surface area contributed by atoms with Crippen LogP contribution in [0.15, 0.2) is 75.6 Å². The Morgan fingerprint density at radius 1 is 1.00 bits per heavy atom. The fourth-order valence-corrected chi connectivity index (χ4v) is 3.01. The summed E-state index contributed by atoms with van der Waals surface area (Å²) in [6.07, 6.45) is 3.91. The van der Waals surface area contributed by atoms with Crippen molar-refractivity contribution >= 4 is 29.4 Å². The number of thioether (sulfide) groups is 1.